The molecule has 0 spiro atoms. The van der Waals surface area contributed by atoms with E-state index >= 15 is 0 Å². The molecule has 0 radical (unpaired) electrons. The number of benzene rings is 1. The predicted molar refractivity (Wildman–Crippen MR) is 70.1 cm³/mol. The van der Waals surface area contributed by atoms with Gasteiger partial charge in [-0.05, 0) is 24.2 Å². The summed E-state index contributed by atoms with van der Waals surface area (Å²) in [5.41, 5.74) is 0.306. The lowest BCUT2D eigenvalue weighted by Gasteiger charge is -2.23. The zero-order valence-corrected chi connectivity index (χ0v) is 11.6. The molecule has 0 fully saturated rings. The van der Waals surface area contributed by atoms with Crippen molar-refractivity contribution in [1.82, 2.24) is 4.90 Å². The number of methoxy groups -OCH3 is 1. The van der Waals surface area contributed by atoms with Gasteiger partial charge in [0.1, 0.15) is 0 Å². The fraction of sp³-hybridized carbons (Fsp3) is 0.500. The van der Waals surface area contributed by atoms with E-state index < -0.39 is 17.7 Å². The molecule has 1 aromatic rings. The number of ether oxygens (including phenoxy) is 1. The molecule has 0 aromatic heterocycles. The van der Waals surface area contributed by atoms with Gasteiger partial charge in [0, 0.05) is 13.1 Å². The summed E-state index contributed by atoms with van der Waals surface area (Å²) in [4.78, 5) is 12.9. The molecule has 20 heavy (non-hydrogen) atoms. The number of carbonyl (C=O) groups excluding carboxylic acids is 1. The first-order valence-corrected chi connectivity index (χ1v) is 6.40. The van der Waals surface area contributed by atoms with Gasteiger partial charge >= 0.3 is 5.97 Å². The smallest absolute Gasteiger partial charge is 0.306 e. The van der Waals surface area contributed by atoms with Crippen molar-refractivity contribution in [2.75, 3.05) is 26.7 Å². The van der Waals surface area contributed by atoms with Gasteiger partial charge in [0.25, 0.3) is 0 Å². The van der Waals surface area contributed by atoms with Crippen LogP contribution < -0.4 is 0 Å². The molecule has 1 unspecified atom stereocenters. The summed E-state index contributed by atoms with van der Waals surface area (Å²) in [5.74, 6) is -2.26. The van der Waals surface area contributed by atoms with Gasteiger partial charge in [0.05, 0.1) is 19.6 Å². The van der Waals surface area contributed by atoms with Gasteiger partial charge in [-0.3, -0.25) is 4.79 Å². The molecule has 1 N–H and O–H groups in total. The number of aliphatic hydroxyl groups is 1. The Bertz CT molecular complexity index is 454. The number of aliphatic hydroxyl groups excluding tert-OH is 1. The molecule has 4 nitrogen and oxygen atoms in total. The SMILES string of the molecule is CCN(CCC(=O)OC)CC(O)c1ccc(F)c(F)c1. The van der Waals surface area contributed by atoms with E-state index in [0.717, 1.165) is 12.1 Å². The minimum atomic E-state index is -0.987. The summed E-state index contributed by atoms with van der Waals surface area (Å²) in [6.45, 7) is 3.18. The fourth-order valence-electron chi connectivity index (χ4n) is 1.80. The molecule has 1 atom stereocenters. The van der Waals surface area contributed by atoms with Crippen LogP contribution in [-0.4, -0.2) is 42.7 Å². The summed E-state index contributed by atoms with van der Waals surface area (Å²) in [7, 11) is 1.31. The predicted octanol–water partition coefficient (Wildman–Crippen LogP) is 1.88. The van der Waals surface area contributed by atoms with Crippen molar-refractivity contribution < 1.29 is 23.4 Å². The van der Waals surface area contributed by atoms with Gasteiger partial charge < -0.3 is 14.7 Å². The second-order valence-electron chi connectivity index (χ2n) is 4.41. The molecular weight excluding hydrogens is 268 g/mol. The molecular formula is C14H19F2NO3. The summed E-state index contributed by atoms with van der Waals surface area (Å²) in [6.07, 6.45) is -0.725. The van der Waals surface area contributed by atoms with Crippen LogP contribution in [0.3, 0.4) is 0 Å². The molecule has 0 saturated carbocycles. The normalized spacial score (nSPS) is 12.5. The molecule has 0 bridgehead atoms. The van der Waals surface area contributed by atoms with Gasteiger partial charge in [0.2, 0.25) is 0 Å². The Morgan fingerprint density at radius 2 is 2.10 bits per heavy atom. The van der Waals surface area contributed by atoms with Crippen LogP contribution >= 0.6 is 0 Å². The fourth-order valence-corrected chi connectivity index (χ4v) is 1.80. The molecule has 112 valence electrons. The second kappa shape index (κ2) is 7.91. The highest BCUT2D eigenvalue weighted by Crippen LogP contribution is 2.17. The molecule has 0 aliphatic rings. The maximum absolute atomic E-state index is 13.1. The monoisotopic (exact) mass is 287 g/mol. The third-order valence-electron chi connectivity index (χ3n) is 3.07. The van der Waals surface area contributed by atoms with Crippen molar-refractivity contribution in [3.63, 3.8) is 0 Å². The molecule has 1 rings (SSSR count). The molecule has 0 heterocycles. The molecule has 0 saturated heterocycles. The number of hydrogen-bond acceptors (Lipinski definition) is 4. The highest BCUT2D eigenvalue weighted by molar-refractivity contribution is 5.69. The Hall–Kier alpha value is -1.53. The third kappa shape index (κ3) is 4.86. The number of likely N-dealkylation sites (N-methyl/N-ethyl adjacent to an activating group) is 1. The van der Waals surface area contributed by atoms with E-state index in [1.54, 1.807) is 0 Å². The summed E-state index contributed by atoms with van der Waals surface area (Å²) >= 11 is 0. The van der Waals surface area contributed by atoms with Crippen LogP contribution in [0.15, 0.2) is 18.2 Å². The maximum atomic E-state index is 13.1. The van der Waals surface area contributed by atoms with Gasteiger partial charge in [-0.25, -0.2) is 8.78 Å². The lowest BCUT2D eigenvalue weighted by molar-refractivity contribution is -0.141. The number of esters is 1. The number of nitrogens with zero attached hydrogens (tertiary/aromatic N) is 1. The van der Waals surface area contributed by atoms with Crippen molar-refractivity contribution in [2.24, 2.45) is 0 Å². The minimum Gasteiger partial charge on any atom is -0.469 e. The zero-order chi connectivity index (χ0) is 15.1. The molecule has 0 amide bonds. The summed E-state index contributed by atoms with van der Waals surface area (Å²) in [5, 5.41) is 10.0. The second-order valence-corrected chi connectivity index (χ2v) is 4.41. The Labute approximate surface area is 117 Å². The van der Waals surface area contributed by atoms with E-state index in [1.165, 1.54) is 13.2 Å². The number of halogens is 2. The lowest BCUT2D eigenvalue weighted by Crippen LogP contribution is -2.31. The van der Waals surface area contributed by atoms with E-state index in [-0.39, 0.29) is 18.9 Å². The minimum absolute atomic E-state index is 0.217. The average Bonchev–Trinajstić information content (AvgIpc) is 2.45. The van der Waals surface area contributed by atoms with Crippen molar-refractivity contribution >= 4 is 5.97 Å². The molecule has 1 aromatic carbocycles. The van der Waals surface area contributed by atoms with Crippen molar-refractivity contribution in [3.8, 4) is 0 Å². The zero-order valence-electron chi connectivity index (χ0n) is 11.6. The van der Waals surface area contributed by atoms with Gasteiger partial charge in [0.15, 0.2) is 11.6 Å². The topological polar surface area (TPSA) is 49.8 Å². The first kappa shape index (κ1) is 16.5. The molecule has 0 aliphatic heterocycles. The van der Waals surface area contributed by atoms with Crippen LogP contribution in [0, 0.1) is 11.6 Å². The van der Waals surface area contributed by atoms with E-state index in [1.807, 2.05) is 11.8 Å². The maximum Gasteiger partial charge on any atom is 0.306 e. The quantitative estimate of drug-likeness (QED) is 0.778. The Kier molecular flexibility index (Phi) is 6.54. The summed E-state index contributed by atoms with van der Waals surface area (Å²) < 4.78 is 30.5. The first-order chi connectivity index (χ1) is 9.47. The number of rotatable bonds is 7. The standard InChI is InChI=1S/C14H19F2NO3/c1-3-17(7-6-14(19)20-2)9-13(18)10-4-5-11(15)12(16)8-10/h4-5,8,13,18H,3,6-7,9H2,1-2H3. The number of hydrogen-bond donors (Lipinski definition) is 1. The van der Waals surface area contributed by atoms with Crippen LogP contribution in [0.2, 0.25) is 0 Å². The lowest BCUT2D eigenvalue weighted by atomic mass is 10.1. The van der Waals surface area contributed by atoms with Crippen molar-refractivity contribution in [1.29, 1.82) is 0 Å². The summed E-state index contributed by atoms with van der Waals surface area (Å²) in [6, 6.07) is 3.31. The Balaban J connectivity index is 2.59. The van der Waals surface area contributed by atoms with Crippen LogP contribution in [0.1, 0.15) is 25.0 Å². The van der Waals surface area contributed by atoms with E-state index in [4.69, 9.17) is 0 Å². The highest BCUT2D eigenvalue weighted by Gasteiger charge is 2.15. The largest absolute Gasteiger partial charge is 0.469 e. The first-order valence-electron chi connectivity index (χ1n) is 6.40. The van der Waals surface area contributed by atoms with Gasteiger partial charge in [-0.2, -0.15) is 0 Å². The van der Waals surface area contributed by atoms with Gasteiger partial charge in [-0.1, -0.05) is 13.0 Å². The van der Waals surface area contributed by atoms with Crippen LogP contribution in [0.5, 0.6) is 0 Å². The van der Waals surface area contributed by atoms with Crippen LogP contribution in [0.4, 0.5) is 8.78 Å². The Morgan fingerprint density at radius 3 is 2.65 bits per heavy atom. The van der Waals surface area contributed by atoms with E-state index in [2.05, 4.69) is 4.74 Å². The van der Waals surface area contributed by atoms with E-state index in [9.17, 15) is 18.7 Å². The molecule has 0 aliphatic carbocycles. The average molecular weight is 287 g/mol. The molecule has 6 heteroatoms. The van der Waals surface area contributed by atoms with Crippen molar-refractivity contribution in [2.45, 2.75) is 19.4 Å². The van der Waals surface area contributed by atoms with Crippen LogP contribution in [-0.2, 0) is 9.53 Å². The number of carbonyl (C=O) groups is 1. The highest BCUT2D eigenvalue weighted by atomic mass is 19.2. The van der Waals surface area contributed by atoms with Crippen LogP contribution in [0.25, 0.3) is 0 Å². The van der Waals surface area contributed by atoms with Gasteiger partial charge in [-0.15, -0.1) is 0 Å². The Morgan fingerprint density at radius 1 is 1.40 bits per heavy atom. The van der Waals surface area contributed by atoms with E-state index in [0.29, 0.717) is 18.7 Å². The third-order valence-corrected chi connectivity index (χ3v) is 3.07. The van der Waals surface area contributed by atoms with Crippen molar-refractivity contribution in [3.05, 3.63) is 35.4 Å².